The van der Waals surface area contributed by atoms with E-state index in [1.54, 1.807) is 6.07 Å². The number of nitrogens with one attached hydrogen (secondary N) is 1. The van der Waals surface area contributed by atoms with Crippen LogP contribution in [-0.2, 0) is 4.74 Å². The normalized spacial score (nSPS) is 12.9. The van der Waals surface area contributed by atoms with Crippen LogP contribution in [0.3, 0.4) is 0 Å². The molecule has 3 radical (unpaired) electrons. The van der Waals surface area contributed by atoms with Gasteiger partial charge in [0.15, 0.2) is 0 Å². The molecule has 0 aromatic heterocycles. The van der Waals surface area contributed by atoms with Crippen LogP contribution in [0.5, 0.6) is 0 Å². The fourth-order valence-electron chi connectivity index (χ4n) is 1.34. The molecule has 1 atom stereocenters. The molecule has 1 aromatic carbocycles. The average Bonchev–Trinajstić information content (AvgIpc) is 2.24. The minimum atomic E-state index is -0.600. The van der Waals surface area contributed by atoms with Gasteiger partial charge in [0, 0.05) is 26.1 Å². The third-order valence-electron chi connectivity index (χ3n) is 2.93. The summed E-state index contributed by atoms with van der Waals surface area (Å²) in [5.74, 6) is 0. The number of ether oxygens (including phenoxy) is 1. The number of amides is 1. The highest BCUT2D eigenvalue weighted by molar-refractivity contribution is 9.10. The summed E-state index contributed by atoms with van der Waals surface area (Å²) in [4.78, 5) is 11.8. The molecule has 1 amide bonds. The maximum Gasteiger partial charge on any atom is 0.412 e. The molecular weight excluding hydrogens is 324 g/mol. The predicted octanol–water partition coefficient (Wildman–Crippen LogP) is 3.64. The number of aryl methyl sites for hydroxylation is 1. The highest BCUT2D eigenvalue weighted by atomic mass is 79.9. The van der Waals surface area contributed by atoms with Gasteiger partial charge in [0.2, 0.25) is 0 Å². The first-order chi connectivity index (χ1) is 8.63. The van der Waals surface area contributed by atoms with Crippen molar-refractivity contribution in [2.45, 2.75) is 38.8 Å². The number of hydrogen-bond donors (Lipinski definition) is 2. The number of benzene rings is 1. The lowest BCUT2D eigenvalue weighted by Crippen LogP contribution is -2.34. The van der Waals surface area contributed by atoms with Gasteiger partial charge in [0.05, 0.1) is 0 Å². The molecule has 0 saturated carbocycles. The number of nitrogen functional groups attached to an aromatic ring is 1. The third kappa shape index (κ3) is 4.24. The van der Waals surface area contributed by atoms with Crippen LogP contribution in [0.15, 0.2) is 16.6 Å². The topological polar surface area (TPSA) is 64.3 Å². The molecule has 0 aliphatic rings. The molecule has 103 valence electrons. The van der Waals surface area contributed by atoms with Gasteiger partial charge >= 0.3 is 6.09 Å². The van der Waals surface area contributed by atoms with E-state index in [9.17, 15) is 4.79 Å². The summed E-state index contributed by atoms with van der Waals surface area (Å²) < 4.78 is 6.20. The molecule has 0 heterocycles. The van der Waals surface area contributed by atoms with E-state index in [0.717, 1.165) is 10.0 Å². The van der Waals surface area contributed by atoms with Crippen LogP contribution in [0, 0.1) is 6.92 Å². The number of hydrogen-bond acceptors (Lipinski definition) is 3. The number of carbonyl (C=O) groups is 1. The summed E-state index contributed by atoms with van der Waals surface area (Å²) in [6, 6.07) is 3.51. The molecule has 19 heavy (non-hydrogen) atoms. The van der Waals surface area contributed by atoms with Crippen LogP contribution in [0.4, 0.5) is 16.2 Å². The first-order valence-electron chi connectivity index (χ1n) is 5.90. The minimum absolute atomic E-state index is 0.0370. The second-order valence-electron chi connectivity index (χ2n) is 5.04. The first-order valence-corrected chi connectivity index (χ1v) is 7.27. The highest BCUT2D eigenvalue weighted by Gasteiger charge is 2.27. The Kier molecular flexibility index (Phi) is 5.03. The molecule has 1 aromatic rings. The molecule has 6 heteroatoms. The minimum Gasteiger partial charge on any atom is -0.443 e. The summed E-state index contributed by atoms with van der Waals surface area (Å²) in [6.45, 7) is 7.50. The Hall–Kier alpha value is -1.01. The smallest absolute Gasteiger partial charge is 0.412 e. The van der Waals surface area contributed by atoms with Crippen LogP contribution >= 0.6 is 15.9 Å². The van der Waals surface area contributed by atoms with Crippen molar-refractivity contribution in [3.63, 3.8) is 0 Å². The van der Waals surface area contributed by atoms with Crippen molar-refractivity contribution in [1.82, 2.24) is 0 Å². The summed E-state index contributed by atoms with van der Waals surface area (Å²) in [7, 11) is 3.46. The van der Waals surface area contributed by atoms with Crippen LogP contribution in [0.25, 0.3) is 0 Å². The lowest BCUT2D eigenvalue weighted by molar-refractivity contribution is 0.0469. The van der Waals surface area contributed by atoms with Gasteiger partial charge in [0.25, 0.3) is 0 Å². The van der Waals surface area contributed by atoms with Gasteiger partial charge in [-0.25, -0.2) is 4.79 Å². The molecule has 0 spiro atoms. The van der Waals surface area contributed by atoms with E-state index in [2.05, 4.69) is 31.5 Å². The summed E-state index contributed by atoms with van der Waals surface area (Å²) in [6.07, 6.45) is -0.503. The van der Waals surface area contributed by atoms with Crippen molar-refractivity contribution in [3.05, 3.63) is 22.2 Å². The molecule has 0 saturated heterocycles. The van der Waals surface area contributed by atoms with Gasteiger partial charge < -0.3 is 10.5 Å². The Balaban J connectivity index is 2.78. The van der Waals surface area contributed by atoms with E-state index < -0.39 is 11.7 Å². The zero-order chi connectivity index (χ0) is 14.8. The maximum atomic E-state index is 11.8. The number of rotatable bonds is 3. The van der Waals surface area contributed by atoms with Gasteiger partial charge in [-0.15, -0.1) is 0 Å². The highest BCUT2D eigenvalue weighted by Crippen LogP contribution is 2.28. The second-order valence-corrected chi connectivity index (χ2v) is 6.70. The van der Waals surface area contributed by atoms with E-state index in [0.29, 0.717) is 11.4 Å². The van der Waals surface area contributed by atoms with Gasteiger partial charge in [-0.3, -0.25) is 5.32 Å². The van der Waals surface area contributed by atoms with Gasteiger partial charge in [-0.2, -0.15) is 0 Å². The Labute approximate surface area is 125 Å². The van der Waals surface area contributed by atoms with E-state index in [-0.39, 0.29) is 5.54 Å². The Bertz CT molecular complexity index is 467. The maximum absolute atomic E-state index is 11.8. The summed E-state index contributed by atoms with van der Waals surface area (Å²) in [5.41, 5.74) is 7.39. The fourth-order valence-corrected chi connectivity index (χ4v) is 1.63. The first kappa shape index (κ1) is 16.0. The number of halogens is 1. The Morgan fingerprint density at radius 1 is 1.53 bits per heavy atom. The average molecular weight is 342 g/mol. The van der Waals surface area contributed by atoms with Crippen molar-refractivity contribution in [2.24, 2.45) is 0 Å². The zero-order valence-corrected chi connectivity index (χ0v) is 14.1. The van der Waals surface area contributed by atoms with Crippen molar-refractivity contribution in [3.8, 4) is 0 Å². The van der Waals surface area contributed by atoms with Crippen LogP contribution < -0.4 is 11.1 Å². The molecule has 1 unspecified atom stereocenters. The number of nitrogens with two attached hydrogens (primary N) is 1. The largest absolute Gasteiger partial charge is 0.443 e. The Morgan fingerprint density at radius 3 is 2.58 bits per heavy atom. The van der Waals surface area contributed by atoms with Crippen LogP contribution in [-0.4, -0.2) is 21.9 Å². The van der Waals surface area contributed by atoms with E-state index in [1.807, 2.05) is 33.8 Å². The van der Waals surface area contributed by atoms with Crippen molar-refractivity contribution < 1.29 is 9.53 Å². The van der Waals surface area contributed by atoms with E-state index >= 15 is 0 Å². The molecule has 0 bridgehead atoms. The Morgan fingerprint density at radius 2 is 2.11 bits per heavy atom. The molecule has 0 aliphatic heterocycles. The third-order valence-corrected chi connectivity index (χ3v) is 4.71. The molecule has 3 N–H and O–H groups in total. The summed E-state index contributed by atoms with van der Waals surface area (Å²) >= 11 is 3.37. The van der Waals surface area contributed by atoms with Crippen LogP contribution in [0.2, 0.25) is 5.54 Å². The van der Waals surface area contributed by atoms with E-state index in [4.69, 9.17) is 10.5 Å². The molecular formula is C13H18BrN2O2Si. The summed E-state index contributed by atoms with van der Waals surface area (Å²) in [5, 5.41) is 2.68. The molecule has 0 fully saturated rings. The quantitative estimate of drug-likeness (QED) is 0.651. The second kappa shape index (κ2) is 5.96. The van der Waals surface area contributed by atoms with Crippen molar-refractivity contribution in [2.75, 3.05) is 11.1 Å². The van der Waals surface area contributed by atoms with Gasteiger partial charge in [-0.1, -0.05) is 6.92 Å². The number of anilines is 2. The van der Waals surface area contributed by atoms with Crippen molar-refractivity contribution >= 4 is 43.6 Å². The lowest BCUT2D eigenvalue weighted by atomic mass is 10.1. The fraction of sp³-hybridized carbons (Fsp3) is 0.462. The molecule has 4 nitrogen and oxygen atoms in total. The lowest BCUT2D eigenvalue weighted by Gasteiger charge is -2.29. The zero-order valence-electron chi connectivity index (χ0n) is 11.5. The molecule has 1 rings (SSSR count). The SMILES string of the molecule is Cc1cc(NC(=O)OC(C)(C)C(C)[Si])cc(N)c1Br. The predicted molar refractivity (Wildman–Crippen MR) is 82.7 cm³/mol. The van der Waals surface area contributed by atoms with E-state index in [1.165, 1.54) is 0 Å². The van der Waals surface area contributed by atoms with Gasteiger partial charge in [0.1, 0.15) is 5.60 Å². The number of carbonyl (C=O) groups excluding carboxylic acids is 1. The van der Waals surface area contributed by atoms with Crippen LogP contribution in [0.1, 0.15) is 26.3 Å². The monoisotopic (exact) mass is 341 g/mol. The molecule has 0 aliphatic carbocycles. The standard InChI is InChI=1S/C13H18BrN2O2Si/c1-7-5-9(6-10(15)11(7)14)16-12(17)18-13(3,4)8(2)19/h5-6,8H,15H2,1-4H3,(H,16,17). The van der Waals surface area contributed by atoms with Gasteiger partial charge in [-0.05, 0) is 59.9 Å². The van der Waals surface area contributed by atoms with Crippen molar-refractivity contribution in [1.29, 1.82) is 0 Å².